The predicted molar refractivity (Wildman–Crippen MR) is 215 cm³/mol. The Morgan fingerprint density at radius 3 is 1.76 bits per heavy atom. The number of fused-ring (bicyclic) bond motifs is 2. The van der Waals surface area contributed by atoms with Gasteiger partial charge in [0.05, 0.1) is 6.20 Å². The van der Waals surface area contributed by atoms with E-state index < -0.39 is 70.5 Å². The van der Waals surface area contributed by atoms with Crippen LogP contribution in [0.15, 0.2) is 94.4 Å². The van der Waals surface area contributed by atoms with E-state index in [4.69, 9.17) is 11.5 Å². The van der Waals surface area contributed by atoms with Crippen LogP contribution in [-0.2, 0) is 28.8 Å². The number of amides is 4. The van der Waals surface area contributed by atoms with Crippen LogP contribution in [0.1, 0.15) is 30.1 Å². The molecule has 23 heteroatoms. The van der Waals surface area contributed by atoms with Gasteiger partial charge in [0.25, 0.3) is 11.8 Å². The molecule has 5 heterocycles. The van der Waals surface area contributed by atoms with Crippen LogP contribution in [-0.4, -0.2) is 127 Å². The number of aromatic amines is 1. The van der Waals surface area contributed by atoms with Gasteiger partial charge in [0.1, 0.15) is 62.8 Å². The van der Waals surface area contributed by atoms with Gasteiger partial charge in [0, 0.05) is 17.3 Å². The Hall–Kier alpha value is -5.85. The lowest BCUT2D eigenvalue weighted by molar-refractivity contribution is -0.150. The summed E-state index contributed by atoms with van der Waals surface area (Å²) < 4.78 is 0. The van der Waals surface area contributed by atoms with Crippen molar-refractivity contribution in [1.82, 2.24) is 35.8 Å². The number of allylic oxidation sites excluding steroid dienone is 2. The van der Waals surface area contributed by atoms with E-state index in [-0.39, 0.29) is 28.4 Å². The molecule has 0 bridgehead atoms. The Balaban J connectivity index is 0.000000223. The van der Waals surface area contributed by atoms with E-state index in [0.29, 0.717) is 44.6 Å². The molecule has 3 aromatic rings. The topological polar surface area (TPSA) is 339 Å². The number of hydrogen-bond donors (Lipinski definition) is 9. The van der Waals surface area contributed by atoms with Gasteiger partial charge in [-0.3, -0.25) is 29.0 Å². The number of β-lactam (4-membered cyclic amide) rings is 2. The summed E-state index contributed by atoms with van der Waals surface area (Å²) in [6.07, 6.45) is 4.92. The number of carboxylic acid groups (broad SMARTS) is 2. The van der Waals surface area contributed by atoms with Crippen molar-refractivity contribution >= 4 is 70.9 Å². The van der Waals surface area contributed by atoms with Crippen molar-refractivity contribution in [3.05, 3.63) is 101 Å². The third kappa shape index (κ3) is 9.24. The van der Waals surface area contributed by atoms with Crippen LogP contribution in [0.25, 0.3) is 0 Å². The maximum atomic E-state index is 12.7. The van der Waals surface area contributed by atoms with E-state index in [1.165, 1.54) is 99.8 Å². The molecule has 2 fully saturated rings. The highest BCUT2D eigenvalue weighted by atomic mass is 32.2. The molecule has 7 rings (SSSR count). The smallest absolute Gasteiger partial charge is 0.352 e. The molecule has 4 amide bonds. The molecule has 20 nitrogen and oxygen atoms in total. The maximum absolute atomic E-state index is 12.7. The number of phenols is 2. The molecule has 0 saturated carbocycles. The highest BCUT2D eigenvalue weighted by Crippen LogP contribution is 2.42. The number of nitrogens with zero attached hydrogens (tertiary/aromatic N) is 4. The number of carboxylic acids is 2. The molecule has 2 aromatic carbocycles. The number of aromatic nitrogens is 3. The van der Waals surface area contributed by atoms with Crippen molar-refractivity contribution < 1.29 is 54.7 Å². The lowest BCUT2D eigenvalue weighted by atomic mass is 10.0. The van der Waals surface area contributed by atoms with Gasteiger partial charge in [0.15, 0.2) is 0 Å². The number of H-pyrrole nitrogens is 1. The number of aromatic hydroxyl groups is 2. The van der Waals surface area contributed by atoms with Gasteiger partial charge in [-0.15, -0.1) is 28.6 Å². The number of thioether (sulfide) groups is 3. The summed E-state index contributed by atoms with van der Waals surface area (Å²) in [6, 6.07) is 8.04. The lowest BCUT2D eigenvalue weighted by Crippen LogP contribution is -2.71. The van der Waals surface area contributed by atoms with E-state index >= 15 is 0 Å². The third-order valence-corrected chi connectivity index (χ3v) is 12.9. The Morgan fingerprint density at radius 1 is 0.847 bits per heavy atom. The third-order valence-electron chi connectivity index (χ3n) is 9.27. The molecule has 4 aliphatic rings. The number of hydrogen-bond acceptors (Lipinski definition) is 15. The fourth-order valence-corrected chi connectivity index (χ4v) is 9.93. The fourth-order valence-electron chi connectivity index (χ4n) is 6.34. The average molecular weight is 870 g/mol. The van der Waals surface area contributed by atoms with Crippen molar-refractivity contribution in [2.24, 2.45) is 11.5 Å². The normalized spacial score (nSPS) is 21.7. The molecule has 2 saturated heterocycles. The van der Waals surface area contributed by atoms with Crippen LogP contribution in [0, 0.1) is 0 Å². The molecule has 1 aromatic heterocycles. The number of rotatable bonds is 12. The molecule has 0 aliphatic carbocycles. The standard InChI is InChI=1S/C18H18N6O5S2.C18H19N3O5S.H2O/c19-12(8-1-3-10(25)4-2-8)15(26)21-13-16(27)24-14(18(28)29)9(7-31-17(13)24)6-30-11-5-20-23-22-11;1-2-3-10-8-27-17-13(16(24)21(17)14(10)18(25)26)20-15(23)12(19)9-4-6-11(22)7-5-9;/h1-5,12-13,17,25H,6-7,19H2,(H,21,26)(H,28,29)(H,20,22,23);2-7,12-13,17,22H,8,19H2,1H3,(H,20,23)(H,25,26);1H2/b;3-2-;/t2*12-,13-,17-;/m11./s1. The minimum absolute atomic E-state index is 0. The molecule has 0 unspecified atom stereocenters. The van der Waals surface area contributed by atoms with Gasteiger partial charge < -0.3 is 48.0 Å². The first kappa shape index (κ1) is 44.3. The minimum Gasteiger partial charge on any atom is -0.508 e. The number of aliphatic carboxylic acids is 2. The monoisotopic (exact) mass is 869 g/mol. The minimum atomic E-state index is -1.19. The number of nitrogens with one attached hydrogen (secondary N) is 3. The van der Waals surface area contributed by atoms with Crippen molar-refractivity contribution in [2.45, 2.75) is 46.9 Å². The van der Waals surface area contributed by atoms with Gasteiger partial charge in [-0.05, 0) is 53.5 Å². The Morgan fingerprint density at radius 2 is 1.32 bits per heavy atom. The number of phenolic OH excluding ortho intramolecular Hbond substituents is 2. The van der Waals surface area contributed by atoms with Crippen LogP contribution in [0.4, 0.5) is 0 Å². The van der Waals surface area contributed by atoms with Gasteiger partial charge in [-0.2, -0.15) is 10.3 Å². The van der Waals surface area contributed by atoms with Crippen molar-refractivity contribution in [3.63, 3.8) is 0 Å². The molecule has 59 heavy (non-hydrogen) atoms. The van der Waals surface area contributed by atoms with Crippen LogP contribution in [0.2, 0.25) is 0 Å². The second kappa shape index (κ2) is 18.8. The van der Waals surface area contributed by atoms with Gasteiger partial charge >= 0.3 is 11.9 Å². The zero-order valence-corrected chi connectivity index (χ0v) is 33.3. The van der Waals surface area contributed by atoms with E-state index in [2.05, 4.69) is 26.0 Å². The molecule has 6 atom stereocenters. The summed E-state index contributed by atoms with van der Waals surface area (Å²) in [4.78, 5) is 76.1. The number of benzene rings is 2. The average Bonchev–Trinajstić information content (AvgIpc) is 3.74. The summed E-state index contributed by atoms with van der Waals surface area (Å²) in [5.41, 5.74) is 13.9. The summed E-state index contributed by atoms with van der Waals surface area (Å²) in [5.74, 6) is -3.16. The van der Waals surface area contributed by atoms with Crippen LogP contribution < -0.4 is 22.1 Å². The van der Waals surface area contributed by atoms with E-state index in [1.54, 1.807) is 19.1 Å². The number of carbonyl (C=O) groups excluding carboxylic acids is 4. The summed E-state index contributed by atoms with van der Waals surface area (Å²) in [6.45, 7) is 1.77. The van der Waals surface area contributed by atoms with E-state index in [1.807, 2.05) is 0 Å². The van der Waals surface area contributed by atoms with Gasteiger partial charge in [-0.1, -0.05) is 48.2 Å². The van der Waals surface area contributed by atoms with Gasteiger partial charge in [-0.25, -0.2) is 9.59 Å². The second-order valence-corrected chi connectivity index (χ2v) is 16.2. The summed E-state index contributed by atoms with van der Waals surface area (Å²) in [7, 11) is 0. The molecular weight excluding hydrogens is 831 g/mol. The first-order valence-electron chi connectivity index (χ1n) is 17.3. The highest BCUT2D eigenvalue weighted by Gasteiger charge is 2.55. The molecule has 13 N–H and O–H groups in total. The highest BCUT2D eigenvalue weighted by molar-refractivity contribution is 8.01. The molecule has 0 radical (unpaired) electrons. The lowest BCUT2D eigenvalue weighted by Gasteiger charge is -2.49. The first-order chi connectivity index (χ1) is 27.7. The molecular formula is C36H39N9O11S3. The summed E-state index contributed by atoms with van der Waals surface area (Å²) in [5, 5.41) is 52.8. The predicted octanol–water partition coefficient (Wildman–Crippen LogP) is -0.0770. The van der Waals surface area contributed by atoms with Crippen molar-refractivity contribution in [3.8, 4) is 11.5 Å². The largest absolute Gasteiger partial charge is 0.508 e. The maximum Gasteiger partial charge on any atom is 0.352 e. The molecule has 4 aliphatic heterocycles. The molecule has 312 valence electrons. The quantitative estimate of drug-likeness (QED) is 0.0849. The summed E-state index contributed by atoms with van der Waals surface area (Å²) >= 11 is 4.09. The number of nitrogens with two attached hydrogens (primary N) is 2. The molecule has 0 spiro atoms. The van der Waals surface area contributed by atoms with Crippen molar-refractivity contribution in [1.29, 1.82) is 0 Å². The zero-order valence-electron chi connectivity index (χ0n) is 30.8. The Kier molecular flexibility index (Phi) is 14.1. The van der Waals surface area contributed by atoms with Crippen molar-refractivity contribution in [2.75, 3.05) is 17.3 Å². The van der Waals surface area contributed by atoms with E-state index in [0.717, 1.165) is 0 Å². The van der Waals surface area contributed by atoms with E-state index in [9.17, 15) is 49.2 Å². The van der Waals surface area contributed by atoms with Gasteiger partial charge in [0.2, 0.25) is 11.8 Å². The fraction of sp³-hybridized carbons (Fsp3) is 0.278. The van der Waals surface area contributed by atoms with Crippen LogP contribution in [0.3, 0.4) is 0 Å². The SMILES string of the molecule is C/C=C\C1=C(C(=O)O)N2C(=O)[C@@H](NC(=O)[C@H](N)c3ccc(O)cc3)[C@H]2SC1.N[C@@H](C(=O)N[C@@H]1C(=O)N2C(C(=O)O)=C(CSc3cn[nH]n3)CS[C@H]12)c1ccc(O)cc1.O. The Bertz CT molecular complexity index is 2200. The second-order valence-electron chi connectivity index (χ2n) is 13.0. The Labute approximate surface area is 347 Å². The van der Waals surface area contributed by atoms with Crippen LogP contribution >= 0.6 is 35.3 Å². The van der Waals surface area contributed by atoms with Crippen LogP contribution in [0.5, 0.6) is 11.5 Å². The first-order valence-corrected chi connectivity index (χ1v) is 20.4. The zero-order chi connectivity index (χ0) is 41.8. The number of carbonyl (C=O) groups is 6.